The summed E-state index contributed by atoms with van der Waals surface area (Å²) in [5.41, 5.74) is 0. The highest BCUT2D eigenvalue weighted by Crippen LogP contribution is 2.36. The molecule has 7 heteroatoms. The second kappa shape index (κ2) is 4.78. The Balaban J connectivity index is 2.49. The zero-order chi connectivity index (χ0) is 13.3. The minimum atomic E-state index is -5.83. The molecule has 1 N–H and O–H groups in total. The van der Waals surface area contributed by atoms with Crippen molar-refractivity contribution in [2.24, 2.45) is 11.8 Å². The topological polar surface area (TPSA) is 29.1 Å². The normalized spacial score (nSPS) is 26.0. The summed E-state index contributed by atoms with van der Waals surface area (Å²) in [6.07, 6.45) is -3.26. The third-order valence-electron chi connectivity index (χ3n) is 3.21. The van der Waals surface area contributed by atoms with E-state index >= 15 is 0 Å². The molecule has 0 aromatic heterocycles. The van der Waals surface area contributed by atoms with Crippen LogP contribution in [0.2, 0.25) is 0 Å². The number of hydrogen-bond donors (Lipinski definition) is 1. The summed E-state index contributed by atoms with van der Waals surface area (Å²) in [4.78, 5) is 10.8. The number of carbonyl (C=O) groups excluding carboxylic acids is 1. The molecule has 0 heterocycles. The molecule has 1 aliphatic carbocycles. The average Bonchev–Trinajstić information content (AvgIpc) is 2.58. The van der Waals surface area contributed by atoms with Crippen molar-refractivity contribution in [2.45, 2.75) is 38.3 Å². The highest BCUT2D eigenvalue weighted by molar-refractivity contribution is 5.84. The first-order valence-corrected chi connectivity index (χ1v) is 5.39. The fourth-order valence-corrected chi connectivity index (χ4v) is 1.99. The number of rotatable bonds is 3. The maximum atomic E-state index is 12.6. The second-order valence-corrected chi connectivity index (χ2v) is 4.45. The van der Waals surface area contributed by atoms with Gasteiger partial charge in [0.25, 0.3) is 5.91 Å². The minimum Gasteiger partial charge on any atom is -0.350 e. The van der Waals surface area contributed by atoms with E-state index in [1.807, 2.05) is 6.92 Å². The lowest BCUT2D eigenvalue weighted by atomic mass is 9.98. The van der Waals surface area contributed by atoms with Crippen LogP contribution in [0, 0.1) is 11.8 Å². The Labute approximate surface area is 95.6 Å². The van der Waals surface area contributed by atoms with Gasteiger partial charge in [0.1, 0.15) is 0 Å². The molecule has 0 spiro atoms. The van der Waals surface area contributed by atoms with Gasteiger partial charge in [-0.2, -0.15) is 22.0 Å². The second-order valence-electron chi connectivity index (χ2n) is 4.45. The first kappa shape index (κ1) is 14.2. The van der Waals surface area contributed by atoms with Gasteiger partial charge in [-0.15, -0.1) is 0 Å². The van der Waals surface area contributed by atoms with Gasteiger partial charge in [0.2, 0.25) is 0 Å². The molecule has 2 atom stereocenters. The molecule has 0 aromatic carbocycles. The van der Waals surface area contributed by atoms with Crippen LogP contribution < -0.4 is 5.32 Å². The predicted octanol–water partition coefficient (Wildman–Crippen LogP) is 2.74. The highest BCUT2D eigenvalue weighted by Gasteiger charge is 2.63. The number of halogens is 5. The van der Waals surface area contributed by atoms with E-state index in [1.165, 1.54) is 0 Å². The smallest absolute Gasteiger partial charge is 0.350 e. The van der Waals surface area contributed by atoms with Crippen LogP contribution in [0.1, 0.15) is 26.2 Å². The highest BCUT2D eigenvalue weighted by atomic mass is 19.4. The van der Waals surface area contributed by atoms with Crippen LogP contribution in [-0.4, -0.2) is 24.6 Å². The largest absolute Gasteiger partial charge is 0.463 e. The van der Waals surface area contributed by atoms with E-state index in [0.29, 0.717) is 0 Å². The molecular formula is C10H14F5NO. The van der Waals surface area contributed by atoms with Gasteiger partial charge in [0.15, 0.2) is 0 Å². The van der Waals surface area contributed by atoms with E-state index < -0.39 is 18.0 Å². The number of nitrogens with one attached hydrogen (secondary N) is 1. The van der Waals surface area contributed by atoms with E-state index in [0.717, 1.165) is 19.3 Å². The number of amides is 1. The minimum absolute atomic E-state index is 0.0111. The molecule has 1 rings (SSSR count). The van der Waals surface area contributed by atoms with Gasteiger partial charge < -0.3 is 5.32 Å². The monoisotopic (exact) mass is 259 g/mol. The lowest BCUT2D eigenvalue weighted by Gasteiger charge is -2.21. The first-order valence-electron chi connectivity index (χ1n) is 5.39. The zero-order valence-electron chi connectivity index (χ0n) is 9.28. The molecule has 2 nitrogen and oxygen atoms in total. The Morgan fingerprint density at radius 2 is 1.82 bits per heavy atom. The standard InChI is InChI=1S/C10H14F5NO/c1-6-3-2-4-7(6)5-16-8(17)9(11,12)10(13,14)15/h6-7H,2-5H2,1H3,(H,16,17). The Kier molecular flexibility index (Phi) is 3.99. The maximum absolute atomic E-state index is 12.6. The van der Waals surface area contributed by atoms with Crippen molar-refractivity contribution in [2.75, 3.05) is 6.54 Å². The van der Waals surface area contributed by atoms with Crippen LogP contribution in [0.3, 0.4) is 0 Å². The molecule has 1 saturated carbocycles. The molecule has 1 amide bonds. The van der Waals surface area contributed by atoms with E-state index in [2.05, 4.69) is 0 Å². The van der Waals surface area contributed by atoms with Gasteiger partial charge in [0, 0.05) is 6.54 Å². The van der Waals surface area contributed by atoms with Gasteiger partial charge in [-0.1, -0.05) is 19.8 Å². The molecule has 0 bridgehead atoms. The molecule has 2 unspecified atom stereocenters. The van der Waals surface area contributed by atoms with E-state index in [-0.39, 0.29) is 18.4 Å². The van der Waals surface area contributed by atoms with Crippen molar-refractivity contribution in [3.8, 4) is 0 Å². The summed E-state index contributed by atoms with van der Waals surface area (Å²) in [6.45, 7) is 1.78. The van der Waals surface area contributed by atoms with Crippen molar-refractivity contribution >= 4 is 5.91 Å². The SMILES string of the molecule is CC1CCCC1CNC(=O)C(F)(F)C(F)(F)F. The van der Waals surface area contributed by atoms with Crippen molar-refractivity contribution in [3.63, 3.8) is 0 Å². The van der Waals surface area contributed by atoms with E-state index in [4.69, 9.17) is 0 Å². The third-order valence-corrected chi connectivity index (χ3v) is 3.21. The molecule has 0 radical (unpaired) electrons. The molecule has 1 fully saturated rings. The quantitative estimate of drug-likeness (QED) is 0.776. The lowest BCUT2D eigenvalue weighted by molar-refractivity contribution is -0.269. The van der Waals surface area contributed by atoms with E-state index in [9.17, 15) is 26.7 Å². The Morgan fingerprint density at radius 3 is 2.24 bits per heavy atom. The maximum Gasteiger partial charge on any atom is 0.463 e. The lowest BCUT2D eigenvalue weighted by Crippen LogP contribution is -2.51. The van der Waals surface area contributed by atoms with Gasteiger partial charge in [-0.05, 0) is 18.3 Å². The average molecular weight is 259 g/mol. The van der Waals surface area contributed by atoms with Crippen molar-refractivity contribution in [1.82, 2.24) is 5.32 Å². The summed E-state index contributed by atoms with van der Waals surface area (Å²) < 4.78 is 60.7. The summed E-state index contributed by atoms with van der Waals surface area (Å²) in [6, 6.07) is 0. The number of carbonyl (C=O) groups is 1. The predicted molar refractivity (Wildman–Crippen MR) is 50.5 cm³/mol. The van der Waals surface area contributed by atoms with Crippen molar-refractivity contribution in [3.05, 3.63) is 0 Å². The van der Waals surface area contributed by atoms with Crippen LogP contribution in [0.5, 0.6) is 0 Å². The fraction of sp³-hybridized carbons (Fsp3) is 0.900. The molecule has 0 aliphatic heterocycles. The third kappa shape index (κ3) is 3.07. The Hall–Kier alpha value is -0.880. The van der Waals surface area contributed by atoms with E-state index in [1.54, 1.807) is 5.32 Å². The van der Waals surface area contributed by atoms with Gasteiger partial charge in [0.05, 0.1) is 0 Å². The molecule has 0 aromatic rings. The molecule has 0 saturated heterocycles. The molecular weight excluding hydrogens is 245 g/mol. The molecule has 1 aliphatic rings. The summed E-state index contributed by atoms with van der Waals surface area (Å²) in [5.74, 6) is -7.34. The number of alkyl halides is 5. The Bertz CT molecular complexity index is 289. The fourth-order valence-electron chi connectivity index (χ4n) is 1.99. The summed E-state index contributed by atoms with van der Waals surface area (Å²) in [5, 5.41) is 1.69. The van der Waals surface area contributed by atoms with Crippen molar-refractivity contribution < 1.29 is 26.7 Å². The van der Waals surface area contributed by atoms with Crippen LogP contribution in [0.25, 0.3) is 0 Å². The zero-order valence-corrected chi connectivity index (χ0v) is 9.28. The van der Waals surface area contributed by atoms with Gasteiger partial charge in [-0.25, -0.2) is 0 Å². The van der Waals surface area contributed by atoms with Crippen LogP contribution in [0.4, 0.5) is 22.0 Å². The van der Waals surface area contributed by atoms with Gasteiger partial charge >= 0.3 is 12.1 Å². The molecule has 17 heavy (non-hydrogen) atoms. The first-order chi connectivity index (χ1) is 7.66. The van der Waals surface area contributed by atoms with Crippen LogP contribution >= 0.6 is 0 Å². The number of hydrogen-bond acceptors (Lipinski definition) is 1. The van der Waals surface area contributed by atoms with Crippen LogP contribution in [-0.2, 0) is 4.79 Å². The Morgan fingerprint density at radius 1 is 1.24 bits per heavy atom. The summed E-state index contributed by atoms with van der Waals surface area (Å²) >= 11 is 0. The van der Waals surface area contributed by atoms with Crippen LogP contribution in [0.15, 0.2) is 0 Å². The van der Waals surface area contributed by atoms with Gasteiger partial charge in [-0.3, -0.25) is 4.79 Å². The molecule has 100 valence electrons. The summed E-state index contributed by atoms with van der Waals surface area (Å²) in [7, 11) is 0. The van der Waals surface area contributed by atoms with Crippen molar-refractivity contribution in [1.29, 1.82) is 0 Å².